The molecule has 0 aliphatic carbocycles. The van der Waals surface area contributed by atoms with E-state index in [-0.39, 0.29) is 13.0 Å². The van der Waals surface area contributed by atoms with Crippen molar-refractivity contribution in [3.8, 4) is 0 Å². The minimum Gasteiger partial charge on any atom is -0.397 e. The predicted molar refractivity (Wildman–Crippen MR) is 56.5 cm³/mol. The predicted octanol–water partition coefficient (Wildman–Crippen LogP) is 1.17. The van der Waals surface area contributed by atoms with Gasteiger partial charge in [-0.1, -0.05) is 0 Å². The quantitative estimate of drug-likeness (QED) is 0.782. The molecule has 1 aliphatic heterocycles. The van der Waals surface area contributed by atoms with Gasteiger partial charge in [-0.3, -0.25) is 0 Å². The molecule has 0 bridgehead atoms. The molecule has 94 valence electrons. The van der Waals surface area contributed by atoms with Crippen LogP contribution in [0.25, 0.3) is 0 Å². The number of aliphatic hydroxyl groups is 1. The van der Waals surface area contributed by atoms with Crippen molar-refractivity contribution in [2.75, 3.05) is 23.7 Å². The molecule has 2 rings (SSSR count). The SMILES string of the molecule is Nc1ccc(N2CC[C@](O)(C(F)(F)F)C2)nc1. The van der Waals surface area contributed by atoms with Crippen molar-refractivity contribution in [1.82, 2.24) is 4.98 Å². The molecule has 0 radical (unpaired) electrons. The molecule has 1 atom stereocenters. The average Bonchev–Trinajstić information content (AvgIpc) is 2.63. The Morgan fingerprint density at radius 3 is 2.59 bits per heavy atom. The highest BCUT2D eigenvalue weighted by molar-refractivity contribution is 5.47. The van der Waals surface area contributed by atoms with Gasteiger partial charge in [-0.15, -0.1) is 0 Å². The minimum absolute atomic E-state index is 0.118. The zero-order chi connectivity index (χ0) is 12.7. The van der Waals surface area contributed by atoms with E-state index in [2.05, 4.69) is 4.98 Å². The molecule has 1 aromatic rings. The van der Waals surface area contributed by atoms with Crippen molar-refractivity contribution in [3.05, 3.63) is 18.3 Å². The smallest absolute Gasteiger partial charge is 0.397 e. The topological polar surface area (TPSA) is 62.4 Å². The molecule has 17 heavy (non-hydrogen) atoms. The Hall–Kier alpha value is -1.50. The molecule has 1 aliphatic rings. The highest BCUT2D eigenvalue weighted by atomic mass is 19.4. The Balaban J connectivity index is 2.15. The number of hydrogen-bond acceptors (Lipinski definition) is 4. The molecule has 0 aromatic carbocycles. The summed E-state index contributed by atoms with van der Waals surface area (Å²) < 4.78 is 37.7. The van der Waals surface area contributed by atoms with Gasteiger partial charge < -0.3 is 15.7 Å². The zero-order valence-electron chi connectivity index (χ0n) is 8.91. The highest BCUT2D eigenvalue weighted by Crippen LogP contribution is 2.38. The lowest BCUT2D eigenvalue weighted by atomic mass is 10.0. The second-order valence-electron chi connectivity index (χ2n) is 4.15. The summed E-state index contributed by atoms with van der Waals surface area (Å²) in [5, 5.41) is 9.49. The van der Waals surface area contributed by atoms with E-state index in [1.54, 1.807) is 6.07 Å². The summed E-state index contributed by atoms with van der Waals surface area (Å²) in [5.41, 5.74) is 3.24. The molecule has 7 heteroatoms. The van der Waals surface area contributed by atoms with Gasteiger partial charge >= 0.3 is 6.18 Å². The molecule has 0 amide bonds. The Kier molecular flexibility index (Phi) is 2.65. The number of nitrogens with zero attached hydrogens (tertiary/aromatic N) is 2. The Morgan fingerprint density at radius 1 is 1.41 bits per heavy atom. The summed E-state index contributed by atoms with van der Waals surface area (Å²) in [6.45, 7) is -0.375. The lowest BCUT2D eigenvalue weighted by Crippen LogP contribution is -2.47. The molecule has 4 nitrogen and oxygen atoms in total. The molecule has 0 unspecified atom stereocenters. The van der Waals surface area contributed by atoms with Crippen molar-refractivity contribution < 1.29 is 18.3 Å². The summed E-state index contributed by atoms with van der Waals surface area (Å²) in [6, 6.07) is 3.10. The number of nitrogens with two attached hydrogens (primary N) is 1. The number of hydrogen-bond donors (Lipinski definition) is 2. The number of β-amino-alcohol motifs (C(OH)–C–C–N with tert-alkyl or cyclic N) is 1. The van der Waals surface area contributed by atoms with Gasteiger partial charge in [-0.25, -0.2) is 4.98 Å². The van der Waals surface area contributed by atoms with E-state index in [4.69, 9.17) is 5.73 Å². The van der Waals surface area contributed by atoms with Crippen LogP contribution in [0.5, 0.6) is 0 Å². The van der Waals surface area contributed by atoms with Gasteiger partial charge in [0.15, 0.2) is 5.60 Å². The van der Waals surface area contributed by atoms with Gasteiger partial charge in [0.1, 0.15) is 5.82 Å². The maximum absolute atomic E-state index is 12.6. The van der Waals surface area contributed by atoms with Crippen LogP contribution in [0.1, 0.15) is 6.42 Å². The first-order chi connectivity index (χ1) is 7.82. The third kappa shape index (κ3) is 2.14. The molecular weight excluding hydrogens is 235 g/mol. The molecule has 1 aromatic heterocycles. The van der Waals surface area contributed by atoms with Crippen LogP contribution in [-0.4, -0.2) is 35.0 Å². The van der Waals surface area contributed by atoms with Gasteiger partial charge in [-0.05, 0) is 12.1 Å². The van der Waals surface area contributed by atoms with Crippen molar-refractivity contribution in [2.24, 2.45) is 0 Å². The van der Waals surface area contributed by atoms with Crippen LogP contribution < -0.4 is 10.6 Å². The molecular formula is C10H12F3N3O. The monoisotopic (exact) mass is 247 g/mol. The number of anilines is 2. The summed E-state index contributed by atoms with van der Waals surface area (Å²) in [4.78, 5) is 5.33. The van der Waals surface area contributed by atoms with Gasteiger partial charge in [0.05, 0.1) is 18.4 Å². The van der Waals surface area contributed by atoms with E-state index in [9.17, 15) is 18.3 Å². The summed E-state index contributed by atoms with van der Waals surface area (Å²) in [6.07, 6.45) is -3.58. The zero-order valence-corrected chi connectivity index (χ0v) is 8.91. The third-order valence-electron chi connectivity index (χ3n) is 2.87. The largest absolute Gasteiger partial charge is 0.418 e. The summed E-state index contributed by atoms with van der Waals surface area (Å²) in [5.74, 6) is 0.388. The minimum atomic E-state index is -4.62. The number of aromatic nitrogens is 1. The fourth-order valence-electron chi connectivity index (χ4n) is 1.81. The lowest BCUT2D eigenvalue weighted by Gasteiger charge is -2.26. The van der Waals surface area contributed by atoms with Gasteiger partial charge in [0.25, 0.3) is 0 Å². The Labute approximate surface area is 95.9 Å². The van der Waals surface area contributed by atoms with Gasteiger partial charge in [-0.2, -0.15) is 13.2 Å². The van der Waals surface area contributed by atoms with Crippen LogP contribution in [0.3, 0.4) is 0 Å². The number of pyridine rings is 1. The number of nitrogen functional groups attached to an aromatic ring is 1. The van der Waals surface area contributed by atoms with E-state index in [0.29, 0.717) is 11.5 Å². The fourth-order valence-corrected chi connectivity index (χ4v) is 1.81. The average molecular weight is 247 g/mol. The van der Waals surface area contributed by atoms with Gasteiger partial charge in [0.2, 0.25) is 0 Å². The van der Waals surface area contributed by atoms with Crippen LogP contribution >= 0.6 is 0 Å². The lowest BCUT2D eigenvalue weighted by molar-refractivity contribution is -0.250. The van der Waals surface area contributed by atoms with Crippen molar-refractivity contribution >= 4 is 11.5 Å². The number of rotatable bonds is 1. The van der Waals surface area contributed by atoms with Crippen molar-refractivity contribution in [2.45, 2.75) is 18.2 Å². The standard InChI is InChI=1S/C10H12F3N3O/c11-10(12,13)9(17)3-4-16(6-9)8-2-1-7(14)5-15-8/h1-2,5,17H,3-4,6,14H2/t9-/m1/s1. The molecule has 3 N–H and O–H groups in total. The highest BCUT2D eigenvalue weighted by Gasteiger charge is 2.57. The summed E-state index contributed by atoms with van der Waals surface area (Å²) in [7, 11) is 0. The maximum atomic E-state index is 12.6. The van der Waals surface area contributed by atoms with E-state index >= 15 is 0 Å². The molecule has 1 saturated heterocycles. The summed E-state index contributed by atoms with van der Waals surface area (Å²) >= 11 is 0. The van der Waals surface area contributed by atoms with Crippen LogP contribution in [-0.2, 0) is 0 Å². The normalized spacial score (nSPS) is 25.3. The van der Waals surface area contributed by atoms with E-state index < -0.39 is 18.3 Å². The molecule has 2 heterocycles. The second kappa shape index (κ2) is 3.76. The second-order valence-corrected chi connectivity index (χ2v) is 4.15. The van der Waals surface area contributed by atoms with Crippen molar-refractivity contribution in [1.29, 1.82) is 0 Å². The molecule has 1 fully saturated rings. The first kappa shape index (κ1) is 12.0. The molecule has 0 spiro atoms. The van der Waals surface area contributed by atoms with Crippen molar-refractivity contribution in [3.63, 3.8) is 0 Å². The maximum Gasteiger partial charge on any atom is 0.418 e. The first-order valence-corrected chi connectivity index (χ1v) is 5.07. The van der Waals surface area contributed by atoms with E-state index in [1.165, 1.54) is 17.2 Å². The van der Waals surface area contributed by atoms with Crippen LogP contribution in [0.2, 0.25) is 0 Å². The fraction of sp³-hybridized carbons (Fsp3) is 0.500. The van der Waals surface area contributed by atoms with Crippen LogP contribution in [0, 0.1) is 0 Å². The number of alkyl halides is 3. The van der Waals surface area contributed by atoms with E-state index in [1.807, 2.05) is 0 Å². The van der Waals surface area contributed by atoms with Gasteiger partial charge in [0, 0.05) is 13.0 Å². The van der Waals surface area contributed by atoms with E-state index in [0.717, 1.165) is 0 Å². The Bertz CT molecular complexity index is 406. The number of halogens is 3. The van der Waals surface area contributed by atoms with Crippen LogP contribution in [0.15, 0.2) is 18.3 Å². The molecule has 0 saturated carbocycles. The third-order valence-corrected chi connectivity index (χ3v) is 2.87. The first-order valence-electron chi connectivity index (χ1n) is 5.07. The van der Waals surface area contributed by atoms with Crippen LogP contribution in [0.4, 0.5) is 24.7 Å². The Morgan fingerprint density at radius 2 is 2.12 bits per heavy atom.